The highest BCUT2D eigenvalue weighted by Crippen LogP contribution is 2.34. The highest BCUT2D eigenvalue weighted by molar-refractivity contribution is 5.57. The largest absolute Gasteiger partial charge is 0.492 e. The Morgan fingerprint density at radius 1 is 0.750 bits per heavy atom. The first-order valence-electron chi connectivity index (χ1n) is 13.3. The Balaban J connectivity index is 1.71. The first kappa shape index (κ1) is 26.3. The summed E-state index contributed by atoms with van der Waals surface area (Å²) in [6.45, 7) is 5.08. The summed E-state index contributed by atoms with van der Waals surface area (Å²) < 4.78 is 5.98. The average Bonchev–Trinajstić information content (AvgIpc) is 2.82. The van der Waals surface area contributed by atoms with Gasteiger partial charge in [0.25, 0.3) is 0 Å². The van der Waals surface area contributed by atoms with Crippen LogP contribution < -0.4 is 4.74 Å². The van der Waals surface area contributed by atoms with Crippen molar-refractivity contribution < 1.29 is 4.74 Å². The molecule has 1 aromatic carbocycles. The molecule has 2 rings (SSSR count). The molecule has 1 fully saturated rings. The molecule has 1 aliphatic rings. The van der Waals surface area contributed by atoms with Crippen molar-refractivity contribution in [3.8, 4) is 17.9 Å². The number of nitrogens with zero attached hydrogens (tertiary/aromatic N) is 2. The number of aryl methyl sites for hydroxylation is 1. The van der Waals surface area contributed by atoms with Gasteiger partial charge in [-0.3, -0.25) is 0 Å². The first-order valence-corrected chi connectivity index (χ1v) is 13.3. The topological polar surface area (TPSA) is 56.8 Å². The number of hydrogen-bond donors (Lipinski definition) is 0. The van der Waals surface area contributed by atoms with Gasteiger partial charge in [-0.1, -0.05) is 97.0 Å². The summed E-state index contributed by atoms with van der Waals surface area (Å²) >= 11 is 0. The van der Waals surface area contributed by atoms with Gasteiger partial charge in [-0.05, 0) is 49.1 Å². The van der Waals surface area contributed by atoms with E-state index in [-0.39, 0.29) is 0 Å². The molecule has 0 radical (unpaired) electrons. The van der Waals surface area contributed by atoms with Gasteiger partial charge in [-0.15, -0.1) is 0 Å². The van der Waals surface area contributed by atoms with Crippen molar-refractivity contribution >= 4 is 0 Å². The third-order valence-corrected chi connectivity index (χ3v) is 7.22. The van der Waals surface area contributed by atoms with Gasteiger partial charge in [0.15, 0.2) is 0 Å². The van der Waals surface area contributed by atoms with Gasteiger partial charge in [-0.25, -0.2) is 0 Å². The Kier molecular flexibility index (Phi) is 12.9. The van der Waals surface area contributed by atoms with Crippen LogP contribution in [0.1, 0.15) is 127 Å². The van der Waals surface area contributed by atoms with Crippen LogP contribution in [0.25, 0.3) is 0 Å². The van der Waals surface area contributed by atoms with Gasteiger partial charge in [0.05, 0.1) is 12.2 Å². The van der Waals surface area contributed by atoms with Crippen LogP contribution in [0.3, 0.4) is 0 Å². The molecule has 0 amide bonds. The summed E-state index contributed by atoms with van der Waals surface area (Å²) in [6.07, 6.45) is 20.4. The molecule has 0 aromatic heterocycles. The van der Waals surface area contributed by atoms with Crippen LogP contribution in [-0.4, -0.2) is 6.61 Å². The molecule has 32 heavy (non-hydrogen) atoms. The predicted molar refractivity (Wildman–Crippen MR) is 133 cm³/mol. The van der Waals surface area contributed by atoms with Crippen molar-refractivity contribution in [1.29, 1.82) is 10.5 Å². The van der Waals surface area contributed by atoms with E-state index in [4.69, 9.17) is 4.74 Å². The van der Waals surface area contributed by atoms with Crippen LogP contribution in [0.4, 0.5) is 0 Å². The molecule has 3 heteroatoms. The molecule has 0 aliphatic heterocycles. The van der Waals surface area contributed by atoms with Gasteiger partial charge >= 0.3 is 0 Å². The number of unbranched alkanes of at least 4 members (excludes halogenated alkanes) is 6. The average molecular weight is 437 g/mol. The fourth-order valence-corrected chi connectivity index (χ4v) is 5.16. The second kappa shape index (κ2) is 15.7. The van der Waals surface area contributed by atoms with E-state index in [0.29, 0.717) is 23.5 Å². The molecule has 176 valence electrons. The maximum absolute atomic E-state index is 9.63. The molecule has 0 heterocycles. The van der Waals surface area contributed by atoms with E-state index in [1.54, 1.807) is 0 Å². The Hall–Kier alpha value is -2.00. The predicted octanol–water partition coefficient (Wildman–Crippen LogP) is 8.49. The third kappa shape index (κ3) is 8.86. The molecule has 0 atom stereocenters. The lowest BCUT2D eigenvalue weighted by Gasteiger charge is -2.28. The van der Waals surface area contributed by atoms with Crippen molar-refractivity contribution in [3.63, 3.8) is 0 Å². The number of ether oxygens (including phenoxy) is 1. The maximum Gasteiger partial charge on any atom is 0.138 e. The van der Waals surface area contributed by atoms with Crippen LogP contribution in [0.2, 0.25) is 0 Å². The molecular weight excluding hydrogens is 392 g/mol. The van der Waals surface area contributed by atoms with Crippen LogP contribution in [-0.2, 0) is 6.42 Å². The number of rotatable bonds is 15. The van der Waals surface area contributed by atoms with E-state index in [1.807, 2.05) is 12.1 Å². The van der Waals surface area contributed by atoms with Crippen molar-refractivity contribution in [1.82, 2.24) is 0 Å². The van der Waals surface area contributed by atoms with E-state index in [1.165, 1.54) is 70.6 Å². The molecule has 3 nitrogen and oxygen atoms in total. The van der Waals surface area contributed by atoms with Crippen LogP contribution in [0.5, 0.6) is 5.75 Å². The minimum absolute atomic E-state index is 0.418. The van der Waals surface area contributed by atoms with Crippen LogP contribution in [0.15, 0.2) is 12.1 Å². The van der Waals surface area contributed by atoms with Crippen molar-refractivity contribution in [2.24, 2.45) is 11.8 Å². The number of nitriles is 2. The minimum Gasteiger partial charge on any atom is -0.492 e. The smallest absolute Gasteiger partial charge is 0.138 e. The van der Waals surface area contributed by atoms with E-state index < -0.39 is 0 Å². The first-order chi connectivity index (χ1) is 15.7. The van der Waals surface area contributed by atoms with Gasteiger partial charge in [-0.2, -0.15) is 10.5 Å². The second-order valence-electron chi connectivity index (χ2n) is 9.73. The molecular formula is C29H44N2O. The summed E-state index contributed by atoms with van der Waals surface area (Å²) in [6, 6.07) is 8.35. The zero-order valence-electron chi connectivity index (χ0n) is 20.6. The summed E-state index contributed by atoms with van der Waals surface area (Å²) in [7, 11) is 0. The summed E-state index contributed by atoms with van der Waals surface area (Å²) in [5.74, 6) is 2.37. The molecule has 0 spiro atoms. The SMILES string of the molecule is CCCCCCC[C@H]1CC[C@H](CCCOc2ccc(CCCCC)c(C#N)c2C#N)CC1. The van der Waals surface area contributed by atoms with E-state index in [2.05, 4.69) is 26.0 Å². The van der Waals surface area contributed by atoms with Crippen LogP contribution in [0, 0.1) is 34.5 Å². The molecule has 1 aliphatic carbocycles. The van der Waals surface area contributed by atoms with Crippen molar-refractivity contribution in [2.45, 2.75) is 117 Å². The molecule has 0 N–H and O–H groups in total. The highest BCUT2D eigenvalue weighted by atomic mass is 16.5. The Bertz CT molecular complexity index is 735. The van der Waals surface area contributed by atoms with Gasteiger partial charge in [0, 0.05) is 0 Å². The van der Waals surface area contributed by atoms with E-state index >= 15 is 0 Å². The lowest BCUT2D eigenvalue weighted by Crippen LogP contribution is -2.15. The fourth-order valence-electron chi connectivity index (χ4n) is 5.16. The highest BCUT2D eigenvalue weighted by Gasteiger charge is 2.21. The van der Waals surface area contributed by atoms with Crippen LogP contribution >= 0.6 is 0 Å². The lowest BCUT2D eigenvalue weighted by molar-refractivity contribution is 0.228. The van der Waals surface area contributed by atoms with Crippen molar-refractivity contribution in [3.05, 3.63) is 28.8 Å². The van der Waals surface area contributed by atoms with Gasteiger partial charge in [0.2, 0.25) is 0 Å². The Morgan fingerprint density at radius 2 is 1.34 bits per heavy atom. The number of benzene rings is 1. The van der Waals surface area contributed by atoms with E-state index in [9.17, 15) is 10.5 Å². The van der Waals surface area contributed by atoms with E-state index in [0.717, 1.165) is 49.5 Å². The quantitative estimate of drug-likeness (QED) is 0.259. The molecule has 1 aromatic rings. The third-order valence-electron chi connectivity index (χ3n) is 7.22. The summed E-state index contributed by atoms with van der Waals surface area (Å²) in [4.78, 5) is 0. The summed E-state index contributed by atoms with van der Waals surface area (Å²) in [5, 5.41) is 19.2. The molecule has 0 bridgehead atoms. The summed E-state index contributed by atoms with van der Waals surface area (Å²) in [5.41, 5.74) is 1.90. The maximum atomic E-state index is 9.63. The van der Waals surface area contributed by atoms with Gasteiger partial charge in [0.1, 0.15) is 23.5 Å². The Morgan fingerprint density at radius 3 is 1.97 bits per heavy atom. The monoisotopic (exact) mass is 436 g/mol. The normalized spacial score (nSPS) is 18.1. The zero-order chi connectivity index (χ0) is 23.0. The standard InChI is InChI=1S/C29H44N2O/c1-3-5-7-8-10-12-24-15-17-25(18-16-24)13-11-21-32-29-20-19-26(14-9-6-4-2)27(22-30)28(29)23-31/h19-20,24-25H,3-18,21H2,1-2H3/t24-,25-. The van der Waals surface area contributed by atoms with Gasteiger partial charge < -0.3 is 4.74 Å². The molecule has 1 saturated carbocycles. The minimum atomic E-state index is 0.418. The molecule has 0 unspecified atom stereocenters. The second-order valence-corrected chi connectivity index (χ2v) is 9.73. The van der Waals surface area contributed by atoms with Crippen molar-refractivity contribution in [2.75, 3.05) is 6.61 Å². The number of hydrogen-bond acceptors (Lipinski definition) is 3. The lowest BCUT2D eigenvalue weighted by atomic mass is 9.78. The Labute approximate surface area is 197 Å². The fraction of sp³-hybridized carbons (Fsp3) is 0.724. The molecule has 0 saturated heterocycles. The zero-order valence-corrected chi connectivity index (χ0v) is 20.6.